The van der Waals surface area contributed by atoms with Crippen molar-refractivity contribution in [2.75, 3.05) is 27.2 Å². The number of aromatic nitrogens is 3. The lowest BCUT2D eigenvalue weighted by Gasteiger charge is -2.09. The van der Waals surface area contributed by atoms with Crippen molar-refractivity contribution in [3.63, 3.8) is 0 Å². The van der Waals surface area contributed by atoms with E-state index >= 15 is 0 Å². The maximum Gasteiger partial charge on any atom is 0.300 e. The van der Waals surface area contributed by atoms with Crippen LogP contribution in [0.25, 0.3) is 11.3 Å². The highest BCUT2D eigenvalue weighted by Crippen LogP contribution is 2.17. The molecule has 0 bridgehead atoms. The molecule has 112 valence electrons. The first-order chi connectivity index (χ1) is 10.1. The molecule has 0 aliphatic carbocycles. The maximum absolute atomic E-state index is 12.1. The average Bonchev–Trinajstić information content (AvgIpc) is 2.86. The Morgan fingerprint density at radius 3 is 3.00 bits per heavy atom. The number of carbonyl (C=O) groups is 1. The predicted octanol–water partition coefficient (Wildman–Crippen LogP) is 0.0515. The van der Waals surface area contributed by atoms with Gasteiger partial charge >= 0.3 is 0 Å². The van der Waals surface area contributed by atoms with Crippen LogP contribution in [0.5, 0.6) is 0 Å². The standard InChI is InChI=1S/C13H17N5O3/c1-17(2)8-4-7-15-13(19)12-11(16-21-18(12)20)10-5-3-6-14-9-10/h3,5-6,9H,4,7-8H2,1-2H3,(H,15,19). The minimum absolute atomic E-state index is 0.115. The van der Waals surface area contributed by atoms with Gasteiger partial charge in [0.1, 0.15) is 0 Å². The number of nitrogens with zero attached hydrogens (tertiary/aromatic N) is 4. The van der Waals surface area contributed by atoms with Gasteiger partial charge in [0, 0.05) is 24.1 Å². The van der Waals surface area contributed by atoms with Gasteiger partial charge in [0.05, 0.1) is 5.56 Å². The molecule has 0 aromatic carbocycles. The summed E-state index contributed by atoms with van der Waals surface area (Å²) in [7, 11) is 3.90. The Hall–Kier alpha value is -2.48. The first-order valence-electron chi connectivity index (χ1n) is 6.52. The summed E-state index contributed by atoms with van der Waals surface area (Å²) in [5, 5.41) is 17.9. The van der Waals surface area contributed by atoms with E-state index in [9.17, 15) is 10.0 Å². The first kappa shape index (κ1) is 14.9. The summed E-state index contributed by atoms with van der Waals surface area (Å²) < 4.78 is 4.53. The number of rotatable bonds is 6. The molecule has 1 amide bonds. The second kappa shape index (κ2) is 6.80. The van der Waals surface area contributed by atoms with Crippen molar-refractivity contribution in [1.29, 1.82) is 0 Å². The highest BCUT2D eigenvalue weighted by atomic mass is 16.8. The highest BCUT2D eigenvalue weighted by Gasteiger charge is 2.27. The molecule has 0 saturated heterocycles. The van der Waals surface area contributed by atoms with Crippen LogP contribution in [-0.4, -0.2) is 48.1 Å². The van der Waals surface area contributed by atoms with Gasteiger partial charge in [-0.05, 0) is 44.1 Å². The van der Waals surface area contributed by atoms with Gasteiger partial charge in [0.25, 0.3) is 17.3 Å². The van der Waals surface area contributed by atoms with Gasteiger partial charge in [-0.2, -0.15) is 0 Å². The van der Waals surface area contributed by atoms with Crippen molar-refractivity contribution in [2.45, 2.75) is 6.42 Å². The number of nitrogens with one attached hydrogen (secondary N) is 1. The molecule has 2 rings (SSSR count). The van der Waals surface area contributed by atoms with Crippen LogP contribution in [0, 0.1) is 5.21 Å². The summed E-state index contributed by atoms with van der Waals surface area (Å²) >= 11 is 0. The SMILES string of the molecule is CN(C)CCCNC(=O)c1c(-c2cccnc2)no[n+]1[O-]. The Balaban J connectivity index is 2.09. The molecule has 1 N–H and O–H groups in total. The van der Waals surface area contributed by atoms with E-state index in [1.54, 1.807) is 18.3 Å². The lowest BCUT2D eigenvalue weighted by Crippen LogP contribution is -2.38. The molecule has 8 nitrogen and oxygen atoms in total. The summed E-state index contributed by atoms with van der Waals surface area (Å²) in [6.07, 6.45) is 3.89. The zero-order valence-electron chi connectivity index (χ0n) is 11.9. The normalized spacial score (nSPS) is 10.8. The molecule has 0 atom stereocenters. The van der Waals surface area contributed by atoms with E-state index in [0.29, 0.717) is 12.1 Å². The van der Waals surface area contributed by atoms with Crippen LogP contribution in [0.3, 0.4) is 0 Å². The third-order valence-corrected chi connectivity index (χ3v) is 2.83. The molecule has 0 fully saturated rings. The topological polar surface area (TPSA) is 98.2 Å². The second-order valence-electron chi connectivity index (χ2n) is 4.78. The molecule has 0 saturated carbocycles. The summed E-state index contributed by atoms with van der Waals surface area (Å²) in [4.78, 5) is 18.2. The van der Waals surface area contributed by atoms with E-state index in [-0.39, 0.29) is 16.3 Å². The average molecular weight is 291 g/mol. The number of hydrogen-bond donors (Lipinski definition) is 1. The van der Waals surface area contributed by atoms with Crippen molar-refractivity contribution < 1.29 is 14.3 Å². The summed E-state index contributed by atoms with van der Waals surface area (Å²) in [5.41, 5.74) is 0.574. The molecule has 0 aliphatic rings. The summed E-state index contributed by atoms with van der Waals surface area (Å²) in [6.45, 7) is 1.31. The van der Waals surface area contributed by atoms with E-state index in [0.717, 1.165) is 13.0 Å². The van der Waals surface area contributed by atoms with E-state index in [4.69, 9.17) is 0 Å². The molecular weight excluding hydrogens is 274 g/mol. The molecule has 0 radical (unpaired) electrons. The van der Waals surface area contributed by atoms with E-state index in [1.165, 1.54) is 6.20 Å². The smallest absolute Gasteiger partial charge is 0.300 e. The molecule has 0 unspecified atom stereocenters. The minimum Gasteiger partial charge on any atom is -0.359 e. The molecule has 0 spiro atoms. The Morgan fingerprint density at radius 2 is 2.33 bits per heavy atom. The van der Waals surface area contributed by atoms with Crippen LogP contribution in [-0.2, 0) is 0 Å². The van der Waals surface area contributed by atoms with Crippen molar-refractivity contribution in [1.82, 2.24) is 20.4 Å². The lowest BCUT2D eigenvalue weighted by atomic mass is 10.1. The molecule has 2 aromatic heterocycles. The summed E-state index contributed by atoms with van der Waals surface area (Å²) in [5.74, 6) is -0.510. The number of hydrogen-bond acceptors (Lipinski definition) is 6. The maximum atomic E-state index is 12.1. The fraction of sp³-hybridized carbons (Fsp3) is 0.385. The van der Waals surface area contributed by atoms with Gasteiger partial charge in [0.15, 0.2) is 0 Å². The monoisotopic (exact) mass is 291 g/mol. The quantitative estimate of drug-likeness (QED) is 0.596. The van der Waals surface area contributed by atoms with Gasteiger partial charge in [-0.1, -0.05) is 0 Å². The fourth-order valence-corrected chi connectivity index (χ4v) is 1.81. The molecular formula is C13H17N5O3. The van der Waals surface area contributed by atoms with Crippen LogP contribution < -0.4 is 10.2 Å². The Bertz CT molecular complexity index is 597. The lowest BCUT2D eigenvalue weighted by molar-refractivity contribution is -0.803. The number of amides is 1. The van der Waals surface area contributed by atoms with Gasteiger partial charge < -0.3 is 15.4 Å². The second-order valence-corrected chi connectivity index (χ2v) is 4.78. The predicted molar refractivity (Wildman–Crippen MR) is 74.2 cm³/mol. The van der Waals surface area contributed by atoms with Crippen molar-refractivity contribution in [3.05, 3.63) is 35.4 Å². The Kier molecular flexibility index (Phi) is 4.83. The van der Waals surface area contributed by atoms with Gasteiger partial charge in [-0.25, -0.2) is 0 Å². The van der Waals surface area contributed by atoms with E-state index < -0.39 is 5.91 Å². The van der Waals surface area contributed by atoms with E-state index in [2.05, 4.69) is 20.1 Å². The Morgan fingerprint density at radius 1 is 1.52 bits per heavy atom. The molecule has 0 aliphatic heterocycles. The molecule has 21 heavy (non-hydrogen) atoms. The van der Waals surface area contributed by atoms with Gasteiger partial charge in [-0.15, -0.1) is 0 Å². The molecule has 8 heteroatoms. The third kappa shape index (κ3) is 3.76. The van der Waals surface area contributed by atoms with Gasteiger partial charge in [-0.3, -0.25) is 14.4 Å². The molecule has 2 heterocycles. The highest BCUT2D eigenvalue weighted by molar-refractivity contribution is 5.96. The summed E-state index contributed by atoms with van der Waals surface area (Å²) in [6, 6.07) is 3.39. The van der Waals surface area contributed by atoms with E-state index in [1.807, 2.05) is 19.0 Å². The number of pyridine rings is 1. The molecule has 2 aromatic rings. The first-order valence-corrected chi connectivity index (χ1v) is 6.52. The Labute approximate surface area is 121 Å². The minimum atomic E-state index is -0.510. The van der Waals surface area contributed by atoms with Crippen LogP contribution in [0.1, 0.15) is 16.9 Å². The third-order valence-electron chi connectivity index (χ3n) is 2.83. The number of carbonyl (C=O) groups excluding carboxylic acids is 1. The van der Waals surface area contributed by atoms with Crippen molar-refractivity contribution >= 4 is 5.91 Å². The van der Waals surface area contributed by atoms with Crippen LogP contribution in [0.15, 0.2) is 29.2 Å². The van der Waals surface area contributed by atoms with Crippen LogP contribution in [0.4, 0.5) is 0 Å². The van der Waals surface area contributed by atoms with Crippen LogP contribution >= 0.6 is 0 Å². The van der Waals surface area contributed by atoms with Crippen LogP contribution in [0.2, 0.25) is 0 Å². The zero-order chi connectivity index (χ0) is 15.2. The zero-order valence-corrected chi connectivity index (χ0v) is 11.9. The van der Waals surface area contributed by atoms with Crippen molar-refractivity contribution in [3.8, 4) is 11.3 Å². The largest absolute Gasteiger partial charge is 0.359 e. The fourth-order valence-electron chi connectivity index (χ4n) is 1.81. The van der Waals surface area contributed by atoms with Gasteiger partial charge in [0.2, 0.25) is 0 Å². The van der Waals surface area contributed by atoms with Crippen molar-refractivity contribution in [2.24, 2.45) is 0 Å².